The average Bonchev–Trinajstić information content (AvgIpc) is 1.14. The van der Waals surface area contributed by atoms with Gasteiger partial charge in [-0.1, -0.05) is 0 Å². The Labute approximate surface area is 90.6 Å². The molecule has 0 aliphatic carbocycles. The van der Waals surface area contributed by atoms with Crippen LogP contribution >= 0.6 is 15.6 Å². The molecule has 0 radical (unpaired) electrons. The molecule has 0 aromatic carbocycles. The summed E-state index contributed by atoms with van der Waals surface area (Å²) in [6.07, 6.45) is 0. The van der Waals surface area contributed by atoms with Crippen molar-refractivity contribution in [3.8, 4) is 0 Å². The minimum Gasteiger partial charge on any atom is -1.00 e. The predicted octanol–water partition coefficient (Wildman–Crippen LogP) is -4.82. The molecule has 0 spiro atoms. The Kier molecular flexibility index (Phi) is 9.95. The molecular formula is H3CaFO7P2. The summed E-state index contributed by atoms with van der Waals surface area (Å²) in [5.41, 5.74) is 0. The molecule has 0 aliphatic rings. The van der Waals surface area contributed by atoms with Crippen molar-refractivity contribution in [1.82, 2.24) is 0 Å². The van der Waals surface area contributed by atoms with Crippen LogP contribution in [0.15, 0.2) is 0 Å². The van der Waals surface area contributed by atoms with Gasteiger partial charge in [-0.15, -0.1) is 0 Å². The first-order chi connectivity index (χ1) is 3.71. The Morgan fingerprint density at radius 3 is 1.45 bits per heavy atom. The van der Waals surface area contributed by atoms with Crippen LogP contribution in [-0.2, 0) is 13.4 Å². The quantitative estimate of drug-likeness (QED) is 0.324. The second-order valence-corrected chi connectivity index (χ2v) is 3.61. The Balaban J connectivity index is -0.000000320. The predicted molar refractivity (Wildman–Crippen MR) is 28.7 cm³/mol. The maximum absolute atomic E-state index is 9.59. The monoisotopic (exact) mass is 236 g/mol. The zero-order chi connectivity index (χ0) is 7.71. The molecule has 1 unspecified atom stereocenters. The zero-order valence-electron chi connectivity index (χ0n) is 4.95. The molecule has 0 aromatic heterocycles. The van der Waals surface area contributed by atoms with Crippen molar-refractivity contribution in [2.45, 2.75) is 0 Å². The van der Waals surface area contributed by atoms with Gasteiger partial charge in [-0.2, -0.15) is 0 Å². The van der Waals surface area contributed by atoms with E-state index in [1.165, 1.54) is 0 Å². The van der Waals surface area contributed by atoms with Gasteiger partial charge in [0, 0.05) is 0 Å². The second kappa shape index (κ2) is 5.99. The van der Waals surface area contributed by atoms with E-state index in [1.54, 1.807) is 0 Å². The summed E-state index contributed by atoms with van der Waals surface area (Å²) in [5.74, 6) is 0. The van der Waals surface area contributed by atoms with Crippen molar-refractivity contribution in [3.63, 3.8) is 0 Å². The SMILES string of the molecule is O=P([O-])(O)OP(=O)(O)O.[Ca+2].[F-]. The molecule has 64 valence electrons. The van der Waals surface area contributed by atoms with Crippen molar-refractivity contribution >= 4 is 53.4 Å². The van der Waals surface area contributed by atoms with E-state index in [2.05, 4.69) is 4.31 Å². The summed E-state index contributed by atoms with van der Waals surface area (Å²) in [4.78, 5) is 32.6. The third kappa shape index (κ3) is 18.4. The second-order valence-electron chi connectivity index (χ2n) is 1.04. The fraction of sp³-hybridized carbons (Fsp3) is 0. The van der Waals surface area contributed by atoms with Gasteiger partial charge in [0.1, 0.15) is 0 Å². The molecule has 7 nitrogen and oxygen atoms in total. The molecule has 11 heavy (non-hydrogen) atoms. The Hall–Kier alpha value is 1.45. The number of halogens is 1. The summed E-state index contributed by atoms with van der Waals surface area (Å²) in [6, 6.07) is 0. The van der Waals surface area contributed by atoms with E-state index in [0.717, 1.165) is 0 Å². The van der Waals surface area contributed by atoms with Gasteiger partial charge in [-0.25, -0.2) is 8.88 Å². The molecule has 0 rings (SSSR count). The van der Waals surface area contributed by atoms with Gasteiger partial charge in [0.2, 0.25) is 0 Å². The fourth-order valence-electron chi connectivity index (χ4n) is 0.134. The van der Waals surface area contributed by atoms with Crippen molar-refractivity contribution in [1.29, 1.82) is 0 Å². The maximum atomic E-state index is 9.59. The van der Waals surface area contributed by atoms with E-state index >= 15 is 0 Å². The Bertz CT molecular complexity index is 157. The molecule has 0 saturated heterocycles. The first-order valence-electron chi connectivity index (χ1n) is 1.51. The first-order valence-corrected chi connectivity index (χ1v) is 4.54. The minimum absolute atomic E-state index is 0. The van der Waals surface area contributed by atoms with Gasteiger partial charge in [0.05, 0.1) is 0 Å². The number of hydrogen-bond acceptors (Lipinski definition) is 4. The van der Waals surface area contributed by atoms with Crippen molar-refractivity contribution < 1.29 is 37.7 Å². The van der Waals surface area contributed by atoms with Crippen LogP contribution in [0.3, 0.4) is 0 Å². The molecular weight excluding hydrogens is 233 g/mol. The number of rotatable bonds is 2. The third-order valence-corrected chi connectivity index (χ3v) is 1.89. The first kappa shape index (κ1) is 18.3. The van der Waals surface area contributed by atoms with E-state index < -0.39 is 15.6 Å². The summed E-state index contributed by atoms with van der Waals surface area (Å²) in [7, 11) is -10.4. The van der Waals surface area contributed by atoms with Crippen LogP contribution in [0.5, 0.6) is 0 Å². The maximum Gasteiger partial charge on any atom is 2.00 e. The van der Waals surface area contributed by atoms with Gasteiger partial charge in [0.15, 0.2) is 0 Å². The topological polar surface area (TPSA) is 127 Å². The van der Waals surface area contributed by atoms with Gasteiger partial charge in [-0.3, -0.25) is 4.57 Å². The summed E-state index contributed by atoms with van der Waals surface area (Å²) in [6.45, 7) is 0. The molecule has 0 bridgehead atoms. The molecule has 0 saturated carbocycles. The molecule has 3 N–H and O–H groups in total. The molecule has 1 atom stereocenters. The fourth-order valence-corrected chi connectivity index (χ4v) is 1.21. The van der Waals surface area contributed by atoms with Gasteiger partial charge in [0.25, 0.3) is 7.82 Å². The smallest absolute Gasteiger partial charge is 1.00 e. The molecule has 0 aliphatic heterocycles. The van der Waals surface area contributed by atoms with Gasteiger partial charge < -0.3 is 24.3 Å². The van der Waals surface area contributed by atoms with E-state index in [-0.39, 0.29) is 42.4 Å². The third-order valence-electron chi connectivity index (χ3n) is 0.210. The zero-order valence-corrected chi connectivity index (χ0v) is 8.95. The summed E-state index contributed by atoms with van der Waals surface area (Å²) >= 11 is 0. The van der Waals surface area contributed by atoms with E-state index in [1.807, 2.05) is 0 Å². The molecule has 0 amide bonds. The normalized spacial score (nSPS) is 15.6. The molecule has 0 fully saturated rings. The van der Waals surface area contributed by atoms with Crippen molar-refractivity contribution in [2.24, 2.45) is 0 Å². The van der Waals surface area contributed by atoms with Gasteiger partial charge in [-0.05, 0) is 0 Å². The van der Waals surface area contributed by atoms with Crippen LogP contribution in [0, 0.1) is 0 Å². The van der Waals surface area contributed by atoms with Crippen molar-refractivity contribution in [3.05, 3.63) is 0 Å². The van der Waals surface area contributed by atoms with Gasteiger partial charge >= 0.3 is 45.6 Å². The standard InChI is InChI=1S/Ca.FH.H4O7P2/c;;1-8(2,3)7-9(4,5)6/h;1H;(H2,1,2,3)(H2,4,5,6)/q+2;;/p-2. The molecule has 0 aromatic rings. The van der Waals surface area contributed by atoms with Crippen molar-refractivity contribution in [2.75, 3.05) is 0 Å². The van der Waals surface area contributed by atoms with Crippen LogP contribution < -0.4 is 9.60 Å². The van der Waals surface area contributed by atoms with Crippen LogP contribution in [-0.4, -0.2) is 52.4 Å². The van der Waals surface area contributed by atoms with E-state index in [9.17, 15) is 14.0 Å². The van der Waals surface area contributed by atoms with Crippen LogP contribution in [0.1, 0.15) is 0 Å². The molecule has 0 heterocycles. The minimum atomic E-state index is -5.30. The van der Waals surface area contributed by atoms with E-state index in [0.29, 0.717) is 0 Å². The number of hydrogen-bond donors (Lipinski definition) is 3. The van der Waals surface area contributed by atoms with Crippen LogP contribution in [0.4, 0.5) is 0 Å². The van der Waals surface area contributed by atoms with E-state index in [4.69, 9.17) is 14.7 Å². The Morgan fingerprint density at radius 2 is 1.45 bits per heavy atom. The number of phosphoric acid groups is 2. The van der Waals surface area contributed by atoms with Crippen LogP contribution in [0.2, 0.25) is 0 Å². The van der Waals surface area contributed by atoms with Crippen LogP contribution in [0.25, 0.3) is 0 Å². The Morgan fingerprint density at radius 1 is 1.18 bits per heavy atom. The molecule has 11 heteroatoms. The average molecular weight is 236 g/mol. The summed E-state index contributed by atoms with van der Waals surface area (Å²) in [5, 5.41) is 0. The largest absolute Gasteiger partial charge is 2.00 e. The summed E-state index contributed by atoms with van der Waals surface area (Å²) < 4.78 is 21.9.